The van der Waals surface area contributed by atoms with Crippen LogP contribution in [0, 0.1) is 0 Å². The Hall–Kier alpha value is -3.09. The summed E-state index contributed by atoms with van der Waals surface area (Å²) in [5.74, 6) is -1.17. The summed E-state index contributed by atoms with van der Waals surface area (Å²) in [7, 11) is 0. The number of benzene rings is 1. The fourth-order valence-electron chi connectivity index (χ4n) is 3.71. The molecule has 7 nitrogen and oxygen atoms in total. The lowest BCUT2D eigenvalue weighted by Gasteiger charge is -2.32. The number of rotatable bonds is 5. The number of nitrogens with one attached hydrogen (secondary N) is 2. The van der Waals surface area contributed by atoms with E-state index in [1.165, 1.54) is 22.2 Å². The van der Waals surface area contributed by atoms with E-state index in [0.717, 1.165) is 17.6 Å². The van der Waals surface area contributed by atoms with Crippen molar-refractivity contribution >= 4 is 22.8 Å². The van der Waals surface area contributed by atoms with Crippen LogP contribution in [0.15, 0.2) is 36.8 Å². The van der Waals surface area contributed by atoms with E-state index < -0.39 is 12.0 Å². The first kappa shape index (κ1) is 16.4. The van der Waals surface area contributed by atoms with Gasteiger partial charge in [-0.2, -0.15) is 0 Å². The summed E-state index contributed by atoms with van der Waals surface area (Å²) in [6.07, 6.45) is 5.85. The third-order valence-electron chi connectivity index (χ3n) is 4.99. The lowest BCUT2D eigenvalue weighted by molar-refractivity contribution is -0.151. The third-order valence-corrected chi connectivity index (χ3v) is 4.99. The van der Waals surface area contributed by atoms with Crippen molar-refractivity contribution < 1.29 is 14.7 Å². The van der Waals surface area contributed by atoms with Crippen LogP contribution >= 0.6 is 0 Å². The second-order valence-electron chi connectivity index (χ2n) is 6.56. The molecule has 0 radical (unpaired) electrons. The number of imidazole rings is 1. The van der Waals surface area contributed by atoms with Crippen LogP contribution in [0.5, 0.6) is 0 Å². The number of hydrogen-bond acceptors (Lipinski definition) is 3. The maximum atomic E-state index is 12.7. The SMILES string of the molecule is O=C(O)[C@@H]1c2nc[nH]c2CCN1C(=O)CCCc1c[nH]c2ccccc12. The first-order valence-electron chi connectivity index (χ1n) is 8.74. The number of aryl methyl sites for hydroxylation is 1. The first-order chi connectivity index (χ1) is 12.6. The van der Waals surface area contributed by atoms with Crippen molar-refractivity contribution in [2.24, 2.45) is 0 Å². The lowest BCUT2D eigenvalue weighted by Crippen LogP contribution is -2.43. The maximum absolute atomic E-state index is 12.7. The molecule has 1 amide bonds. The van der Waals surface area contributed by atoms with Gasteiger partial charge in [0.05, 0.1) is 12.0 Å². The summed E-state index contributed by atoms with van der Waals surface area (Å²) in [6.45, 7) is 0.401. The molecular formula is C19H20N4O3. The molecule has 1 aromatic carbocycles. The van der Waals surface area contributed by atoms with Crippen LogP contribution < -0.4 is 0 Å². The molecule has 1 atom stereocenters. The van der Waals surface area contributed by atoms with Crippen molar-refractivity contribution in [1.82, 2.24) is 19.9 Å². The summed E-state index contributed by atoms with van der Waals surface area (Å²) in [6, 6.07) is 7.07. The Labute approximate surface area is 150 Å². The number of carbonyl (C=O) groups is 2. The molecule has 0 aliphatic carbocycles. The summed E-state index contributed by atoms with van der Waals surface area (Å²) in [5.41, 5.74) is 3.52. The summed E-state index contributed by atoms with van der Waals surface area (Å²) < 4.78 is 0. The Kier molecular flexibility index (Phi) is 4.20. The van der Waals surface area contributed by atoms with Gasteiger partial charge < -0.3 is 20.0 Å². The molecule has 134 valence electrons. The van der Waals surface area contributed by atoms with Gasteiger partial charge in [-0.05, 0) is 24.5 Å². The quantitative estimate of drug-likeness (QED) is 0.656. The average Bonchev–Trinajstić information content (AvgIpc) is 3.27. The highest BCUT2D eigenvalue weighted by Gasteiger charge is 2.37. The molecule has 3 aromatic rings. The Morgan fingerprint density at radius 3 is 2.96 bits per heavy atom. The molecule has 3 heterocycles. The van der Waals surface area contributed by atoms with Gasteiger partial charge in [0, 0.05) is 42.2 Å². The highest BCUT2D eigenvalue weighted by Crippen LogP contribution is 2.28. The van der Waals surface area contributed by atoms with Crippen molar-refractivity contribution in [3.63, 3.8) is 0 Å². The molecule has 0 unspecified atom stereocenters. The summed E-state index contributed by atoms with van der Waals surface area (Å²) in [5, 5.41) is 10.7. The molecule has 4 rings (SSSR count). The zero-order chi connectivity index (χ0) is 18.1. The molecule has 0 fully saturated rings. The number of amides is 1. The van der Waals surface area contributed by atoms with Gasteiger partial charge in [-0.25, -0.2) is 9.78 Å². The van der Waals surface area contributed by atoms with Crippen LogP contribution in [-0.2, 0) is 22.4 Å². The lowest BCUT2D eigenvalue weighted by atomic mass is 10.0. The summed E-state index contributed by atoms with van der Waals surface area (Å²) in [4.78, 5) is 36.1. The summed E-state index contributed by atoms with van der Waals surface area (Å²) >= 11 is 0. The number of carboxylic acids is 1. The fourth-order valence-corrected chi connectivity index (χ4v) is 3.71. The number of nitrogens with zero attached hydrogens (tertiary/aromatic N) is 2. The molecule has 26 heavy (non-hydrogen) atoms. The predicted molar refractivity (Wildman–Crippen MR) is 95.6 cm³/mol. The first-order valence-corrected chi connectivity index (χ1v) is 8.74. The van der Waals surface area contributed by atoms with Gasteiger partial charge in [-0.1, -0.05) is 18.2 Å². The van der Waals surface area contributed by atoms with E-state index >= 15 is 0 Å². The van der Waals surface area contributed by atoms with E-state index in [1.807, 2.05) is 24.4 Å². The molecule has 2 aromatic heterocycles. The van der Waals surface area contributed by atoms with Crippen molar-refractivity contribution in [2.45, 2.75) is 31.7 Å². The van der Waals surface area contributed by atoms with E-state index in [1.54, 1.807) is 0 Å². The molecule has 0 bridgehead atoms. The predicted octanol–water partition coefficient (Wildman–Crippen LogP) is 2.42. The number of H-pyrrole nitrogens is 2. The maximum Gasteiger partial charge on any atom is 0.332 e. The second-order valence-corrected chi connectivity index (χ2v) is 6.56. The van der Waals surface area contributed by atoms with Crippen molar-refractivity contribution in [1.29, 1.82) is 0 Å². The van der Waals surface area contributed by atoms with Crippen LogP contribution in [0.4, 0.5) is 0 Å². The van der Waals surface area contributed by atoms with E-state index in [0.29, 0.717) is 31.5 Å². The van der Waals surface area contributed by atoms with Crippen molar-refractivity contribution in [3.8, 4) is 0 Å². The molecule has 0 saturated heterocycles. The van der Waals surface area contributed by atoms with Gasteiger partial charge in [0.2, 0.25) is 5.91 Å². The smallest absolute Gasteiger partial charge is 0.332 e. The Balaban J connectivity index is 1.42. The molecule has 3 N–H and O–H groups in total. The normalized spacial score (nSPS) is 16.6. The number of carboxylic acid groups (broad SMARTS) is 1. The zero-order valence-electron chi connectivity index (χ0n) is 14.2. The molecule has 0 saturated carbocycles. The number of aromatic nitrogens is 3. The van der Waals surface area contributed by atoms with Crippen LogP contribution in [-0.4, -0.2) is 43.4 Å². The minimum atomic E-state index is -1.04. The van der Waals surface area contributed by atoms with Gasteiger partial charge in [0.15, 0.2) is 6.04 Å². The van der Waals surface area contributed by atoms with E-state index in [9.17, 15) is 14.7 Å². The number of aliphatic carboxylic acids is 1. The fraction of sp³-hybridized carbons (Fsp3) is 0.316. The van der Waals surface area contributed by atoms with E-state index in [4.69, 9.17) is 0 Å². The molecule has 1 aliphatic rings. The topological polar surface area (TPSA) is 102 Å². The standard InChI is InChI=1S/C19H20N4O3/c24-16(7-3-4-12-10-20-14-6-2-1-5-13(12)14)23-9-8-15-17(22-11-21-15)18(23)19(25)26/h1-2,5-6,10-11,18,20H,3-4,7-9H2,(H,21,22)(H,25,26)/t18-/m0/s1. The number of carbonyl (C=O) groups excluding carboxylic acids is 1. The van der Waals surface area contributed by atoms with Crippen LogP contribution in [0.2, 0.25) is 0 Å². The number of para-hydroxylation sites is 1. The highest BCUT2D eigenvalue weighted by molar-refractivity contribution is 5.85. The van der Waals surface area contributed by atoms with Gasteiger partial charge in [-0.15, -0.1) is 0 Å². The number of fused-ring (bicyclic) bond motifs is 2. The third kappa shape index (κ3) is 2.85. The van der Waals surface area contributed by atoms with E-state index in [2.05, 4.69) is 21.0 Å². The van der Waals surface area contributed by atoms with Gasteiger partial charge >= 0.3 is 5.97 Å². The Morgan fingerprint density at radius 1 is 1.27 bits per heavy atom. The average molecular weight is 352 g/mol. The van der Waals surface area contributed by atoms with Crippen molar-refractivity contribution in [3.05, 3.63) is 53.7 Å². The van der Waals surface area contributed by atoms with Gasteiger partial charge in [0.1, 0.15) is 0 Å². The molecular weight excluding hydrogens is 332 g/mol. The van der Waals surface area contributed by atoms with Gasteiger partial charge in [-0.3, -0.25) is 4.79 Å². The van der Waals surface area contributed by atoms with E-state index in [-0.39, 0.29) is 5.91 Å². The van der Waals surface area contributed by atoms with Crippen molar-refractivity contribution in [2.75, 3.05) is 6.54 Å². The second kappa shape index (κ2) is 6.67. The molecule has 7 heteroatoms. The zero-order valence-corrected chi connectivity index (χ0v) is 14.2. The van der Waals surface area contributed by atoms with Gasteiger partial charge in [0.25, 0.3) is 0 Å². The minimum Gasteiger partial charge on any atom is -0.479 e. The molecule has 0 spiro atoms. The number of aromatic amines is 2. The molecule has 1 aliphatic heterocycles. The Morgan fingerprint density at radius 2 is 2.12 bits per heavy atom. The largest absolute Gasteiger partial charge is 0.479 e. The monoisotopic (exact) mass is 352 g/mol. The van der Waals surface area contributed by atoms with Crippen LogP contribution in [0.1, 0.15) is 35.8 Å². The minimum absolute atomic E-state index is 0.133. The highest BCUT2D eigenvalue weighted by atomic mass is 16.4. The Bertz CT molecular complexity index is 959. The van der Waals surface area contributed by atoms with Crippen LogP contribution in [0.3, 0.4) is 0 Å². The number of hydrogen-bond donors (Lipinski definition) is 3. The van der Waals surface area contributed by atoms with Crippen LogP contribution in [0.25, 0.3) is 10.9 Å².